The number of amides is 1. The first kappa shape index (κ1) is 21.0. The molecule has 1 atom stereocenters. The number of piperidine rings is 1. The van der Waals surface area contributed by atoms with Gasteiger partial charge in [0.05, 0.1) is 29.8 Å². The molecule has 3 N–H and O–H groups in total. The molecule has 6 nitrogen and oxygen atoms in total. The summed E-state index contributed by atoms with van der Waals surface area (Å²) in [7, 11) is 0. The van der Waals surface area contributed by atoms with Gasteiger partial charge in [-0.3, -0.25) is 4.90 Å². The predicted octanol–water partition coefficient (Wildman–Crippen LogP) is 2.79. The van der Waals surface area contributed by atoms with Gasteiger partial charge in [-0.15, -0.1) is 0 Å². The van der Waals surface area contributed by atoms with E-state index in [-0.39, 0.29) is 16.7 Å². The maximum absolute atomic E-state index is 12.9. The summed E-state index contributed by atoms with van der Waals surface area (Å²) in [5.74, 6) is 2.51. The van der Waals surface area contributed by atoms with E-state index < -0.39 is 17.4 Å². The minimum Gasteiger partial charge on any atom is -0.437 e. The Hall–Kier alpha value is -0.850. The molecule has 170 valence electrons. The molecule has 6 fully saturated rings. The van der Waals surface area contributed by atoms with Crippen LogP contribution in [0, 0.1) is 17.8 Å². The number of carbonyl (C=O) groups excluding carboxylic acids is 1. The number of rotatable bonds is 4. The van der Waals surface area contributed by atoms with Gasteiger partial charge >= 0.3 is 6.09 Å². The first-order valence-electron chi connectivity index (χ1n) is 12.1. The number of carbonyl (C=O) groups is 1. The molecule has 0 aromatic rings. The van der Waals surface area contributed by atoms with Gasteiger partial charge < -0.3 is 19.9 Å². The van der Waals surface area contributed by atoms with Crippen molar-refractivity contribution >= 4 is 6.09 Å². The van der Waals surface area contributed by atoms with Crippen LogP contribution in [0.2, 0.25) is 0 Å². The van der Waals surface area contributed by atoms with E-state index in [4.69, 9.17) is 9.47 Å². The number of hydrogen-bond acceptors (Lipinski definition) is 4. The molecular weight excluding hydrogens is 380 g/mol. The third-order valence-electron chi connectivity index (χ3n) is 8.86. The van der Waals surface area contributed by atoms with Crippen molar-refractivity contribution in [3.8, 4) is 0 Å². The second kappa shape index (κ2) is 6.35. The molecule has 4 saturated carbocycles. The van der Waals surface area contributed by atoms with Gasteiger partial charge in [-0.05, 0) is 90.9 Å². The van der Waals surface area contributed by atoms with E-state index in [0.717, 1.165) is 17.8 Å². The van der Waals surface area contributed by atoms with Crippen molar-refractivity contribution in [1.82, 2.24) is 4.90 Å². The van der Waals surface area contributed by atoms with Crippen LogP contribution in [0.15, 0.2) is 0 Å². The van der Waals surface area contributed by atoms with Gasteiger partial charge in [0, 0.05) is 12.8 Å². The summed E-state index contributed by atoms with van der Waals surface area (Å²) >= 11 is 0. The zero-order valence-corrected chi connectivity index (χ0v) is 19.5. The summed E-state index contributed by atoms with van der Waals surface area (Å²) in [5, 5.41) is 14.0. The molecule has 6 rings (SSSR count). The Morgan fingerprint density at radius 2 is 1.50 bits per heavy atom. The lowest BCUT2D eigenvalue weighted by Gasteiger charge is -2.56. The smallest absolute Gasteiger partial charge is 0.412 e. The van der Waals surface area contributed by atoms with Gasteiger partial charge in [0.15, 0.2) is 11.3 Å². The van der Waals surface area contributed by atoms with Crippen LogP contribution < -0.4 is 5.32 Å². The van der Waals surface area contributed by atoms with Gasteiger partial charge in [0.25, 0.3) is 0 Å². The standard InChI is InChI=1S/C24H40N2O4/c1-20(2)14-24(15-21(3,4)25-20)22(5,28)26(19(27)30-24)6-7-29-23-11-16-8-17(12-23)10-18(9-16)13-23/h16-18,25,28H,6-15H2,1-5H3/p+1/t16?,17?,18?,22-,23?/m1/s1. The van der Waals surface area contributed by atoms with Gasteiger partial charge in [-0.25, -0.2) is 4.79 Å². The number of nitrogens with two attached hydrogens (primary N) is 1. The van der Waals surface area contributed by atoms with Crippen LogP contribution in [0.4, 0.5) is 4.79 Å². The Bertz CT molecular complexity index is 677. The fourth-order valence-electron chi connectivity index (χ4n) is 8.71. The van der Waals surface area contributed by atoms with Crippen LogP contribution in [-0.4, -0.2) is 57.3 Å². The first-order chi connectivity index (χ1) is 13.8. The normalized spacial score (nSPS) is 45.2. The molecule has 0 unspecified atom stereocenters. The fourth-order valence-corrected chi connectivity index (χ4v) is 8.71. The third-order valence-corrected chi connectivity index (χ3v) is 8.86. The molecule has 1 spiro atoms. The minimum absolute atomic E-state index is 0.0195. The van der Waals surface area contributed by atoms with Crippen molar-refractivity contribution in [1.29, 1.82) is 0 Å². The number of nitrogens with zero attached hydrogens (tertiary/aromatic N) is 1. The van der Waals surface area contributed by atoms with Crippen molar-refractivity contribution in [3.05, 3.63) is 0 Å². The van der Waals surface area contributed by atoms with Gasteiger partial charge in [-0.2, -0.15) is 0 Å². The quantitative estimate of drug-likeness (QED) is 0.732. The molecule has 2 saturated heterocycles. The molecule has 30 heavy (non-hydrogen) atoms. The number of ether oxygens (including phenoxy) is 2. The van der Waals surface area contributed by atoms with Crippen molar-refractivity contribution in [2.24, 2.45) is 17.8 Å². The van der Waals surface area contributed by atoms with Crippen molar-refractivity contribution in [3.63, 3.8) is 0 Å². The zero-order chi connectivity index (χ0) is 21.6. The van der Waals surface area contributed by atoms with Crippen LogP contribution in [0.5, 0.6) is 0 Å². The highest BCUT2D eigenvalue weighted by molar-refractivity contribution is 5.72. The van der Waals surface area contributed by atoms with Crippen molar-refractivity contribution in [2.45, 2.75) is 114 Å². The van der Waals surface area contributed by atoms with E-state index in [9.17, 15) is 9.90 Å². The molecule has 2 heterocycles. The maximum Gasteiger partial charge on any atom is 0.412 e. The van der Waals surface area contributed by atoms with Crippen LogP contribution in [0.25, 0.3) is 0 Å². The van der Waals surface area contributed by atoms with E-state index in [2.05, 4.69) is 33.0 Å². The average molecular weight is 422 g/mol. The summed E-state index contributed by atoms with van der Waals surface area (Å²) in [6.45, 7) is 11.3. The molecule has 2 aliphatic heterocycles. The number of aliphatic hydroxyl groups is 1. The van der Waals surface area contributed by atoms with E-state index in [1.807, 2.05) is 0 Å². The summed E-state index contributed by atoms with van der Waals surface area (Å²) in [4.78, 5) is 14.4. The molecule has 6 heteroatoms. The topological polar surface area (TPSA) is 75.6 Å². The lowest BCUT2D eigenvalue weighted by molar-refractivity contribution is -0.793. The third kappa shape index (κ3) is 3.29. The van der Waals surface area contributed by atoms with E-state index >= 15 is 0 Å². The molecule has 4 aliphatic carbocycles. The average Bonchev–Trinajstić information content (AvgIpc) is 2.69. The minimum atomic E-state index is -1.34. The molecule has 4 bridgehead atoms. The van der Waals surface area contributed by atoms with Gasteiger partial charge in [-0.1, -0.05) is 0 Å². The molecule has 1 amide bonds. The molecule has 0 aromatic heterocycles. The SMILES string of the molecule is CC1(C)CC2(CC(C)(C)[NH2+]1)OC(=O)N(CCOC13CC4CC(CC(C4)C1)C3)[C@]2(C)O. The Morgan fingerprint density at radius 1 is 1.00 bits per heavy atom. The van der Waals surface area contributed by atoms with Gasteiger partial charge in [0.1, 0.15) is 0 Å². The Labute approximate surface area is 181 Å². The maximum atomic E-state index is 12.9. The number of quaternary nitrogens is 1. The highest BCUT2D eigenvalue weighted by atomic mass is 16.6. The highest BCUT2D eigenvalue weighted by Gasteiger charge is 2.68. The highest BCUT2D eigenvalue weighted by Crippen LogP contribution is 2.57. The predicted molar refractivity (Wildman–Crippen MR) is 113 cm³/mol. The molecule has 0 aromatic carbocycles. The first-order valence-corrected chi connectivity index (χ1v) is 12.1. The van der Waals surface area contributed by atoms with Crippen molar-refractivity contribution in [2.75, 3.05) is 13.2 Å². The molecule has 6 aliphatic rings. The Kier molecular flexibility index (Phi) is 4.45. The Balaban J connectivity index is 1.28. The van der Waals surface area contributed by atoms with Crippen LogP contribution >= 0.6 is 0 Å². The zero-order valence-electron chi connectivity index (χ0n) is 19.5. The Morgan fingerprint density at radius 3 is 2.00 bits per heavy atom. The van der Waals surface area contributed by atoms with Crippen molar-refractivity contribution < 1.29 is 24.7 Å². The lowest BCUT2D eigenvalue weighted by Crippen LogP contribution is -3.07. The summed E-state index contributed by atoms with van der Waals surface area (Å²) in [6.07, 6.45) is 8.58. The van der Waals surface area contributed by atoms with Crippen LogP contribution in [-0.2, 0) is 9.47 Å². The fraction of sp³-hybridized carbons (Fsp3) is 0.958. The lowest BCUT2D eigenvalue weighted by atomic mass is 9.54. The van der Waals surface area contributed by atoms with Crippen LogP contribution in [0.1, 0.15) is 86.0 Å². The van der Waals surface area contributed by atoms with Gasteiger partial charge in [0.2, 0.25) is 0 Å². The van der Waals surface area contributed by atoms with E-state index in [1.54, 1.807) is 6.92 Å². The monoisotopic (exact) mass is 421 g/mol. The largest absolute Gasteiger partial charge is 0.437 e. The van der Waals surface area contributed by atoms with E-state index in [0.29, 0.717) is 26.0 Å². The number of hydrogen-bond donors (Lipinski definition) is 2. The second-order valence-corrected chi connectivity index (χ2v) is 13.0. The summed E-state index contributed by atoms with van der Waals surface area (Å²) in [6, 6.07) is 0. The second-order valence-electron chi connectivity index (χ2n) is 13.0. The van der Waals surface area contributed by atoms with Crippen LogP contribution in [0.3, 0.4) is 0 Å². The molecule has 0 radical (unpaired) electrons. The molecular formula is C24H41N2O4+. The van der Waals surface area contributed by atoms with E-state index in [1.165, 1.54) is 43.4 Å². The summed E-state index contributed by atoms with van der Waals surface area (Å²) < 4.78 is 12.5. The summed E-state index contributed by atoms with van der Waals surface area (Å²) in [5.41, 5.74) is -2.43.